The lowest BCUT2D eigenvalue weighted by molar-refractivity contribution is 0.632. The number of rotatable bonds is 2. The number of hydrogen-bond acceptors (Lipinski definition) is 2. The molecular weight excluding hydrogens is 439 g/mol. The lowest BCUT2D eigenvalue weighted by Gasteiger charge is -2.02. The zero-order chi connectivity index (χ0) is 16.8. The number of halogens is 1. The summed E-state index contributed by atoms with van der Waals surface area (Å²) in [6, 6.07) is 27.3. The molecule has 3 heteroatoms. The van der Waals surface area contributed by atoms with Crippen LogP contribution in [0.3, 0.4) is 0 Å². The van der Waals surface area contributed by atoms with E-state index in [1.165, 1.54) is 29.5 Å². The maximum absolute atomic E-state index is 6.29. The Bertz CT molecular complexity index is 1200. The second-order valence-electron chi connectivity index (χ2n) is 5.91. The third-order valence-electron chi connectivity index (χ3n) is 4.39. The Hall–Kier alpha value is -2.11. The first-order chi connectivity index (χ1) is 12.3. The van der Waals surface area contributed by atoms with Crippen LogP contribution in [0, 0.1) is 3.57 Å². The molecule has 2 heterocycles. The predicted octanol–water partition coefficient (Wildman–Crippen LogP) is 7.59. The molecule has 0 unspecified atom stereocenters. The molecule has 0 aliphatic heterocycles. The van der Waals surface area contributed by atoms with Gasteiger partial charge in [0, 0.05) is 30.2 Å². The SMILES string of the molecule is Ic1c(-c2c(-c3ccccc3)oc3ccccc23)sc2ccccc12. The summed E-state index contributed by atoms with van der Waals surface area (Å²) >= 11 is 4.31. The van der Waals surface area contributed by atoms with Gasteiger partial charge >= 0.3 is 0 Å². The number of para-hydroxylation sites is 1. The highest BCUT2D eigenvalue weighted by Crippen LogP contribution is 2.47. The van der Waals surface area contributed by atoms with Gasteiger partial charge in [-0.2, -0.15) is 0 Å². The number of fused-ring (bicyclic) bond motifs is 2. The highest BCUT2D eigenvalue weighted by molar-refractivity contribution is 14.1. The maximum Gasteiger partial charge on any atom is 0.144 e. The number of benzene rings is 3. The van der Waals surface area contributed by atoms with Crippen LogP contribution in [0.25, 0.3) is 42.8 Å². The van der Waals surface area contributed by atoms with Gasteiger partial charge < -0.3 is 4.42 Å². The molecule has 25 heavy (non-hydrogen) atoms. The molecule has 0 radical (unpaired) electrons. The van der Waals surface area contributed by atoms with Gasteiger partial charge in [-0.3, -0.25) is 0 Å². The van der Waals surface area contributed by atoms with E-state index in [2.05, 4.69) is 83.3 Å². The second-order valence-corrected chi connectivity index (χ2v) is 8.04. The van der Waals surface area contributed by atoms with Crippen molar-refractivity contribution in [1.29, 1.82) is 0 Å². The van der Waals surface area contributed by atoms with E-state index in [9.17, 15) is 0 Å². The molecule has 5 rings (SSSR count). The van der Waals surface area contributed by atoms with Gasteiger partial charge in [0.1, 0.15) is 11.3 Å². The monoisotopic (exact) mass is 452 g/mol. The first-order valence-electron chi connectivity index (χ1n) is 8.07. The van der Waals surface area contributed by atoms with Crippen molar-refractivity contribution in [3.63, 3.8) is 0 Å². The van der Waals surface area contributed by atoms with E-state index in [-0.39, 0.29) is 0 Å². The molecule has 3 aromatic carbocycles. The van der Waals surface area contributed by atoms with Crippen molar-refractivity contribution in [2.24, 2.45) is 0 Å². The summed E-state index contributed by atoms with van der Waals surface area (Å²) in [4.78, 5) is 1.28. The van der Waals surface area contributed by atoms with Crippen LogP contribution in [0.1, 0.15) is 0 Å². The molecule has 0 aliphatic carbocycles. The van der Waals surface area contributed by atoms with Crippen molar-refractivity contribution in [2.75, 3.05) is 0 Å². The Kier molecular flexibility index (Phi) is 3.64. The van der Waals surface area contributed by atoms with E-state index in [0.717, 1.165) is 16.9 Å². The summed E-state index contributed by atoms with van der Waals surface area (Å²) in [5, 5.41) is 2.48. The number of furan rings is 1. The van der Waals surface area contributed by atoms with Crippen molar-refractivity contribution in [3.05, 3.63) is 82.4 Å². The van der Waals surface area contributed by atoms with Crippen molar-refractivity contribution in [3.8, 4) is 21.8 Å². The van der Waals surface area contributed by atoms with Crippen LogP contribution >= 0.6 is 33.9 Å². The van der Waals surface area contributed by atoms with E-state index in [4.69, 9.17) is 4.42 Å². The van der Waals surface area contributed by atoms with E-state index in [0.29, 0.717) is 0 Å². The van der Waals surface area contributed by atoms with Gasteiger partial charge in [0.05, 0.1) is 4.88 Å². The quantitative estimate of drug-likeness (QED) is 0.252. The van der Waals surface area contributed by atoms with E-state index in [1.54, 1.807) is 0 Å². The van der Waals surface area contributed by atoms with Gasteiger partial charge in [-0.1, -0.05) is 66.7 Å². The Morgan fingerprint density at radius 1 is 0.720 bits per heavy atom. The zero-order valence-electron chi connectivity index (χ0n) is 13.2. The third-order valence-corrected chi connectivity index (χ3v) is 7.07. The molecule has 0 bridgehead atoms. The highest BCUT2D eigenvalue weighted by Gasteiger charge is 2.22. The molecule has 0 aliphatic rings. The van der Waals surface area contributed by atoms with Crippen LogP contribution in [0.4, 0.5) is 0 Å². The molecule has 0 atom stereocenters. The molecule has 2 aromatic heterocycles. The molecule has 0 spiro atoms. The smallest absolute Gasteiger partial charge is 0.144 e. The van der Waals surface area contributed by atoms with E-state index >= 15 is 0 Å². The van der Waals surface area contributed by atoms with Gasteiger partial charge in [-0.25, -0.2) is 0 Å². The molecular formula is C22H13IOS. The van der Waals surface area contributed by atoms with Crippen LogP contribution in [-0.2, 0) is 0 Å². The van der Waals surface area contributed by atoms with Gasteiger partial charge in [0.15, 0.2) is 0 Å². The van der Waals surface area contributed by atoms with Crippen molar-refractivity contribution in [1.82, 2.24) is 0 Å². The minimum Gasteiger partial charge on any atom is -0.455 e. The minimum absolute atomic E-state index is 0.935. The Labute approximate surface area is 163 Å². The van der Waals surface area contributed by atoms with Gasteiger partial charge in [0.25, 0.3) is 0 Å². The fraction of sp³-hybridized carbons (Fsp3) is 0. The predicted molar refractivity (Wildman–Crippen MR) is 115 cm³/mol. The first kappa shape index (κ1) is 15.2. The minimum atomic E-state index is 0.935. The Morgan fingerprint density at radius 3 is 2.20 bits per heavy atom. The summed E-state index contributed by atoms with van der Waals surface area (Å²) in [6.45, 7) is 0. The first-order valence-corrected chi connectivity index (χ1v) is 9.97. The molecule has 0 fully saturated rings. The lowest BCUT2D eigenvalue weighted by atomic mass is 10.0. The Balaban J connectivity index is 1.90. The van der Waals surface area contributed by atoms with Crippen molar-refractivity contribution >= 4 is 55.0 Å². The number of thiophene rings is 1. The van der Waals surface area contributed by atoms with E-state index in [1.807, 2.05) is 29.5 Å². The summed E-state index contributed by atoms with van der Waals surface area (Å²) < 4.78 is 8.90. The average molecular weight is 452 g/mol. The average Bonchev–Trinajstić information content (AvgIpc) is 3.21. The summed E-state index contributed by atoms with van der Waals surface area (Å²) in [5.74, 6) is 0.950. The summed E-state index contributed by atoms with van der Waals surface area (Å²) in [6.07, 6.45) is 0. The van der Waals surface area contributed by atoms with Crippen molar-refractivity contribution < 1.29 is 4.42 Å². The second kappa shape index (κ2) is 6.00. The van der Waals surface area contributed by atoms with Gasteiger partial charge in [0.2, 0.25) is 0 Å². The maximum atomic E-state index is 6.29. The molecule has 1 nitrogen and oxygen atoms in total. The summed E-state index contributed by atoms with van der Waals surface area (Å²) in [7, 11) is 0. The molecule has 0 N–H and O–H groups in total. The fourth-order valence-corrected chi connectivity index (χ4v) is 5.64. The topological polar surface area (TPSA) is 13.1 Å². The Morgan fingerprint density at radius 2 is 1.40 bits per heavy atom. The number of hydrogen-bond donors (Lipinski definition) is 0. The third kappa shape index (κ3) is 2.41. The van der Waals surface area contributed by atoms with Crippen LogP contribution in [0.5, 0.6) is 0 Å². The van der Waals surface area contributed by atoms with Gasteiger partial charge in [-0.15, -0.1) is 11.3 Å². The van der Waals surface area contributed by atoms with Crippen LogP contribution in [0.2, 0.25) is 0 Å². The standard InChI is InChI=1S/C22H13IOS/c23-20-16-11-5-7-13-18(16)25-22(20)19-15-10-4-6-12-17(15)24-21(19)14-8-2-1-3-9-14/h1-13H. The molecule has 0 amide bonds. The fourth-order valence-electron chi connectivity index (χ4n) is 3.24. The van der Waals surface area contributed by atoms with Crippen LogP contribution < -0.4 is 0 Å². The highest BCUT2D eigenvalue weighted by atomic mass is 127. The lowest BCUT2D eigenvalue weighted by Crippen LogP contribution is -1.80. The van der Waals surface area contributed by atoms with Gasteiger partial charge in [-0.05, 0) is 34.7 Å². The van der Waals surface area contributed by atoms with Crippen LogP contribution in [-0.4, -0.2) is 0 Å². The normalized spacial score (nSPS) is 11.4. The van der Waals surface area contributed by atoms with Crippen LogP contribution in [0.15, 0.2) is 83.3 Å². The molecule has 0 saturated carbocycles. The molecule has 0 saturated heterocycles. The molecule has 5 aromatic rings. The van der Waals surface area contributed by atoms with Crippen molar-refractivity contribution in [2.45, 2.75) is 0 Å². The molecule has 120 valence electrons. The zero-order valence-corrected chi connectivity index (χ0v) is 16.2. The summed E-state index contributed by atoms with van der Waals surface area (Å²) in [5.41, 5.74) is 3.25. The van der Waals surface area contributed by atoms with E-state index < -0.39 is 0 Å². The largest absolute Gasteiger partial charge is 0.455 e.